The zero-order valence-corrected chi connectivity index (χ0v) is 18.5. The lowest BCUT2D eigenvalue weighted by molar-refractivity contribution is -0.145. The molecule has 0 fully saturated rings. The third-order valence-electron chi connectivity index (χ3n) is 3.79. The first kappa shape index (κ1) is 28.2. The van der Waals surface area contributed by atoms with Gasteiger partial charge in [-0.15, -0.1) is 0 Å². The fourth-order valence-electron chi connectivity index (χ4n) is 2.23. The molecule has 0 saturated heterocycles. The van der Waals surface area contributed by atoms with Crippen LogP contribution in [0.1, 0.15) is 46.0 Å². The molecule has 0 aliphatic heterocycles. The van der Waals surface area contributed by atoms with Crippen molar-refractivity contribution in [1.82, 2.24) is 0 Å². The SMILES string of the molecule is CCCCCCC(=O)OCCOCCOCCOCCOCCOCCOCC. The molecule has 0 aromatic carbocycles. The first-order chi connectivity index (χ1) is 14.3. The molecule has 0 N–H and O–H groups in total. The predicted molar refractivity (Wildman–Crippen MR) is 110 cm³/mol. The number of hydrogen-bond acceptors (Lipinski definition) is 8. The number of esters is 1. The van der Waals surface area contributed by atoms with Crippen molar-refractivity contribution in [2.24, 2.45) is 0 Å². The third kappa shape index (κ3) is 25.2. The van der Waals surface area contributed by atoms with Crippen molar-refractivity contribution >= 4 is 5.97 Å². The second-order valence-electron chi connectivity index (χ2n) is 6.29. The molecular weight excluding hydrogens is 380 g/mol. The zero-order chi connectivity index (χ0) is 21.3. The van der Waals surface area contributed by atoms with Gasteiger partial charge in [-0.1, -0.05) is 26.2 Å². The number of rotatable bonds is 24. The van der Waals surface area contributed by atoms with Gasteiger partial charge in [0, 0.05) is 13.0 Å². The molecule has 0 saturated carbocycles. The van der Waals surface area contributed by atoms with E-state index in [4.69, 9.17) is 33.2 Å². The lowest BCUT2D eigenvalue weighted by Crippen LogP contribution is -2.15. The van der Waals surface area contributed by atoms with Crippen molar-refractivity contribution in [2.75, 3.05) is 85.9 Å². The third-order valence-corrected chi connectivity index (χ3v) is 3.79. The van der Waals surface area contributed by atoms with Crippen molar-refractivity contribution in [3.63, 3.8) is 0 Å². The van der Waals surface area contributed by atoms with E-state index in [0.717, 1.165) is 19.3 Å². The second-order valence-corrected chi connectivity index (χ2v) is 6.29. The number of hydrogen-bond donors (Lipinski definition) is 0. The van der Waals surface area contributed by atoms with E-state index in [0.29, 0.717) is 92.3 Å². The molecule has 0 unspecified atom stereocenters. The minimum atomic E-state index is -0.142. The number of ether oxygens (including phenoxy) is 7. The van der Waals surface area contributed by atoms with Crippen LogP contribution in [0.3, 0.4) is 0 Å². The van der Waals surface area contributed by atoms with E-state index in [2.05, 4.69) is 6.92 Å². The van der Waals surface area contributed by atoms with E-state index in [1.54, 1.807) is 0 Å². The van der Waals surface area contributed by atoms with E-state index in [-0.39, 0.29) is 5.97 Å². The van der Waals surface area contributed by atoms with E-state index in [1.807, 2.05) is 6.92 Å². The second kappa shape index (κ2) is 25.3. The summed E-state index contributed by atoms with van der Waals surface area (Å²) < 4.78 is 37.1. The van der Waals surface area contributed by atoms with E-state index in [9.17, 15) is 4.79 Å². The standard InChI is InChI=1S/C21H42O8/c1-3-5-6-7-8-21(22)29-20-19-28-18-17-27-16-15-26-14-13-25-12-11-24-10-9-23-4-2/h3-20H2,1-2H3. The Bertz CT molecular complexity index is 328. The molecule has 8 heteroatoms. The smallest absolute Gasteiger partial charge is 0.305 e. The van der Waals surface area contributed by atoms with Crippen LogP contribution in [0.4, 0.5) is 0 Å². The molecule has 0 amide bonds. The molecule has 0 aliphatic carbocycles. The number of unbranched alkanes of at least 4 members (excludes halogenated alkanes) is 3. The van der Waals surface area contributed by atoms with Crippen LogP contribution in [0.2, 0.25) is 0 Å². The Labute approximate surface area is 176 Å². The van der Waals surface area contributed by atoms with Crippen molar-refractivity contribution in [3.05, 3.63) is 0 Å². The minimum Gasteiger partial charge on any atom is -0.463 e. The summed E-state index contributed by atoms with van der Waals surface area (Å²) >= 11 is 0. The largest absolute Gasteiger partial charge is 0.463 e. The van der Waals surface area contributed by atoms with E-state index in [1.165, 1.54) is 6.42 Å². The Balaban J connectivity index is 3.07. The van der Waals surface area contributed by atoms with Gasteiger partial charge in [-0.3, -0.25) is 4.79 Å². The molecule has 0 atom stereocenters. The molecule has 8 nitrogen and oxygen atoms in total. The van der Waals surface area contributed by atoms with Crippen LogP contribution >= 0.6 is 0 Å². The Morgan fingerprint density at radius 1 is 0.517 bits per heavy atom. The normalized spacial score (nSPS) is 11.1. The van der Waals surface area contributed by atoms with Gasteiger partial charge >= 0.3 is 5.97 Å². The maximum absolute atomic E-state index is 11.5. The van der Waals surface area contributed by atoms with Crippen molar-refractivity contribution in [2.45, 2.75) is 46.0 Å². The van der Waals surface area contributed by atoms with Crippen LogP contribution in [-0.4, -0.2) is 91.9 Å². The fraction of sp³-hybridized carbons (Fsp3) is 0.952. The maximum Gasteiger partial charge on any atom is 0.305 e. The lowest BCUT2D eigenvalue weighted by Gasteiger charge is -2.08. The summed E-state index contributed by atoms with van der Waals surface area (Å²) in [5.74, 6) is -0.142. The van der Waals surface area contributed by atoms with Gasteiger partial charge in [0.1, 0.15) is 6.61 Å². The van der Waals surface area contributed by atoms with Gasteiger partial charge in [0.25, 0.3) is 0 Å². The van der Waals surface area contributed by atoms with Crippen molar-refractivity contribution < 1.29 is 38.0 Å². The fourth-order valence-corrected chi connectivity index (χ4v) is 2.23. The molecule has 174 valence electrons. The Morgan fingerprint density at radius 2 is 0.931 bits per heavy atom. The molecule has 0 spiro atoms. The molecule has 0 radical (unpaired) electrons. The van der Waals surface area contributed by atoms with Crippen molar-refractivity contribution in [1.29, 1.82) is 0 Å². The van der Waals surface area contributed by atoms with E-state index < -0.39 is 0 Å². The molecule has 0 aliphatic rings. The topological polar surface area (TPSA) is 81.7 Å². The molecular formula is C21H42O8. The van der Waals surface area contributed by atoms with Crippen molar-refractivity contribution in [3.8, 4) is 0 Å². The van der Waals surface area contributed by atoms with Gasteiger partial charge in [0.2, 0.25) is 0 Å². The summed E-state index contributed by atoms with van der Waals surface area (Å²) in [6.45, 7) is 10.9. The summed E-state index contributed by atoms with van der Waals surface area (Å²) in [5, 5.41) is 0. The zero-order valence-electron chi connectivity index (χ0n) is 18.5. The minimum absolute atomic E-state index is 0.142. The summed E-state index contributed by atoms with van der Waals surface area (Å²) in [5.41, 5.74) is 0. The van der Waals surface area contributed by atoms with E-state index >= 15 is 0 Å². The van der Waals surface area contributed by atoms with Gasteiger partial charge in [-0.25, -0.2) is 0 Å². The highest BCUT2D eigenvalue weighted by molar-refractivity contribution is 5.69. The van der Waals surface area contributed by atoms with Crippen LogP contribution in [0.5, 0.6) is 0 Å². The molecule has 0 bridgehead atoms. The molecule has 0 rings (SSSR count). The summed E-state index contributed by atoms with van der Waals surface area (Å²) in [6, 6.07) is 0. The van der Waals surface area contributed by atoms with Gasteiger partial charge in [0.15, 0.2) is 0 Å². The average molecular weight is 423 g/mol. The highest BCUT2D eigenvalue weighted by Crippen LogP contribution is 2.03. The summed E-state index contributed by atoms with van der Waals surface area (Å²) in [7, 11) is 0. The van der Waals surface area contributed by atoms with Crippen LogP contribution in [0, 0.1) is 0 Å². The number of carbonyl (C=O) groups excluding carboxylic acids is 1. The summed E-state index contributed by atoms with van der Waals surface area (Å²) in [6.07, 6.45) is 4.81. The molecule has 0 aromatic heterocycles. The molecule has 29 heavy (non-hydrogen) atoms. The molecule has 0 heterocycles. The predicted octanol–water partition coefficient (Wildman–Crippen LogP) is 2.62. The average Bonchev–Trinajstić information content (AvgIpc) is 2.73. The first-order valence-electron chi connectivity index (χ1n) is 10.9. The monoisotopic (exact) mass is 422 g/mol. The van der Waals surface area contributed by atoms with Crippen LogP contribution in [-0.2, 0) is 38.0 Å². The molecule has 0 aromatic rings. The van der Waals surface area contributed by atoms with Gasteiger partial charge in [0.05, 0.1) is 72.7 Å². The lowest BCUT2D eigenvalue weighted by atomic mass is 10.2. The highest BCUT2D eigenvalue weighted by atomic mass is 16.6. The van der Waals surface area contributed by atoms with Crippen LogP contribution in [0.15, 0.2) is 0 Å². The van der Waals surface area contributed by atoms with Gasteiger partial charge in [-0.2, -0.15) is 0 Å². The Kier molecular flexibility index (Phi) is 24.6. The first-order valence-corrected chi connectivity index (χ1v) is 10.9. The van der Waals surface area contributed by atoms with Gasteiger partial charge in [-0.05, 0) is 13.3 Å². The van der Waals surface area contributed by atoms with Crippen LogP contribution < -0.4 is 0 Å². The van der Waals surface area contributed by atoms with Gasteiger partial charge < -0.3 is 33.2 Å². The Hall–Kier alpha value is -0.770. The quantitative estimate of drug-likeness (QED) is 0.173. The summed E-state index contributed by atoms with van der Waals surface area (Å²) in [4.78, 5) is 11.5. The number of carbonyl (C=O) groups is 1. The van der Waals surface area contributed by atoms with Crippen LogP contribution in [0.25, 0.3) is 0 Å². The Morgan fingerprint density at radius 3 is 1.34 bits per heavy atom. The highest BCUT2D eigenvalue weighted by Gasteiger charge is 2.02. The maximum atomic E-state index is 11.5.